The van der Waals surface area contributed by atoms with Crippen LogP contribution in [0.3, 0.4) is 0 Å². The number of aromatic nitrogens is 4. The summed E-state index contributed by atoms with van der Waals surface area (Å²) >= 11 is 6.12. The summed E-state index contributed by atoms with van der Waals surface area (Å²) < 4.78 is 52.6. The van der Waals surface area contributed by atoms with Gasteiger partial charge in [0.15, 0.2) is 5.65 Å². The highest BCUT2D eigenvalue weighted by Gasteiger charge is 2.25. The van der Waals surface area contributed by atoms with Gasteiger partial charge >= 0.3 is 6.01 Å². The van der Waals surface area contributed by atoms with Crippen LogP contribution < -0.4 is 9.46 Å². The molecule has 0 aliphatic heterocycles. The first kappa shape index (κ1) is 19.3. The molecule has 0 atom stereocenters. The maximum absolute atomic E-state index is 13.6. The number of fused-ring (bicyclic) bond motifs is 1. The molecule has 9 nitrogen and oxygen atoms in total. The highest BCUT2D eigenvalue weighted by Crippen LogP contribution is 2.28. The summed E-state index contributed by atoms with van der Waals surface area (Å²) in [6.45, 7) is 2.00. The molecule has 0 radical (unpaired) electrons. The highest BCUT2D eigenvalue weighted by atomic mass is 35.5. The first-order valence-electron chi connectivity index (χ1n) is 7.71. The summed E-state index contributed by atoms with van der Waals surface area (Å²) in [5, 5.41) is 3.47. The second kappa shape index (κ2) is 7.62. The molecular weight excluding hydrogens is 401 g/mol. The summed E-state index contributed by atoms with van der Waals surface area (Å²) in [7, 11) is -2.75. The van der Waals surface area contributed by atoms with Crippen molar-refractivity contribution >= 4 is 33.0 Å². The van der Waals surface area contributed by atoms with Crippen LogP contribution in [-0.4, -0.2) is 41.7 Å². The van der Waals surface area contributed by atoms with Gasteiger partial charge in [-0.05, 0) is 13.0 Å². The fourth-order valence-electron chi connectivity index (χ4n) is 2.29. The number of benzene rings is 1. The third-order valence-electron chi connectivity index (χ3n) is 3.39. The Labute approximate surface area is 159 Å². The van der Waals surface area contributed by atoms with Gasteiger partial charge in [-0.25, -0.2) is 0 Å². The number of halogens is 2. The molecule has 2 aromatic heterocycles. The molecule has 3 rings (SSSR count). The Balaban J connectivity index is 2.05. The van der Waals surface area contributed by atoms with Crippen molar-refractivity contribution in [1.29, 1.82) is 0 Å². The fourth-order valence-corrected chi connectivity index (χ4v) is 3.59. The van der Waals surface area contributed by atoms with E-state index >= 15 is 0 Å². The topological polar surface area (TPSA) is 108 Å². The van der Waals surface area contributed by atoms with Crippen LogP contribution in [0, 0.1) is 5.95 Å². The van der Waals surface area contributed by atoms with Gasteiger partial charge in [-0.1, -0.05) is 23.7 Å². The third-order valence-corrected chi connectivity index (χ3v) is 4.84. The number of sulfonamides is 1. The number of hydrogen-bond donors (Lipinski definition) is 1. The van der Waals surface area contributed by atoms with E-state index in [-0.39, 0.29) is 35.6 Å². The molecule has 1 aromatic carbocycles. The van der Waals surface area contributed by atoms with E-state index in [4.69, 9.17) is 21.1 Å². The average Bonchev–Trinajstić information content (AvgIpc) is 3.03. The van der Waals surface area contributed by atoms with Crippen LogP contribution >= 0.6 is 11.6 Å². The zero-order valence-corrected chi connectivity index (χ0v) is 15.9. The molecule has 2 heterocycles. The molecule has 0 spiro atoms. The van der Waals surface area contributed by atoms with E-state index in [0.717, 1.165) is 10.6 Å². The molecule has 0 unspecified atom stereocenters. The van der Waals surface area contributed by atoms with E-state index in [0.29, 0.717) is 5.56 Å². The zero-order valence-electron chi connectivity index (χ0n) is 14.3. The monoisotopic (exact) mass is 415 g/mol. The number of hydrogen-bond acceptors (Lipinski definition) is 7. The number of methoxy groups -OCH3 is 1. The first-order chi connectivity index (χ1) is 12.9. The van der Waals surface area contributed by atoms with Gasteiger partial charge in [0, 0.05) is 18.7 Å². The van der Waals surface area contributed by atoms with Gasteiger partial charge in [0.25, 0.3) is 15.2 Å². The summed E-state index contributed by atoms with van der Waals surface area (Å²) in [5.41, 5.74) is 0.608. The number of ether oxygens (including phenoxy) is 2. The number of anilines is 1. The summed E-state index contributed by atoms with van der Waals surface area (Å²) in [4.78, 5) is 7.40. The number of para-hydroxylation sites is 1. The largest absolute Gasteiger partial charge is 0.464 e. The van der Waals surface area contributed by atoms with Crippen LogP contribution in [0.2, 0.25) is 5.02 Å². The Morgan fingerprint density at radius 3 is 2.81 bits per heavy atom. The van der Waals surface area contributed by atoms with E-state index in [1.54, 1.807) is 19.1 Å². The van der Waals surface area contributed by atoms with Crippen LogP contribution in [0.1, 0.15) is 12.5 Å². The first-order valence-corrected chi connectivity index (χ1v) is 9.57. The lowest BCUT2D eigenvalue weighted by Crippen LogP contribution is -2.16. The van der Waals surface area contributed by atoms with E-state index in [1.165, 1.54) is 13.2 Å². The van der Waals surface area contributed by atoms with Crippen molar-refractivity contribution in [2.24, 2.45) is 0 Å². The van der Waals surface area contributed by atoms with Gasteiger partial charge in [0.2, 0.25) is 5.95 Å². The molecule has 0 saturated carbocycles. The molecule has 0 saturated heterocycles. The van der Waals surface area contributed by atoms with Crippen molar-refractivity contribution in [1.82, 2.24) is 19.6 Å². The Morgan fingerprint density at radius 1 is 1.33 bits per heavy atom. The molecule has 1 N–H and O–H groups in total. The predicted octanol–water partition coefficient (Wildman–Crippen LogP) is 2.26. The number of nitrogens with zero attached hydrogens (tertiary/aromatic N) is 4. The molecule has 0 aliphatic carbocycles. The lowest BCUT2D eigenvalue weighted by molar-refractivity contribution is 0.185. The maximum Gasteiger partial charge on any atom is 0.322 e. The fraction of sp³-hybridized carbons (Fsp3) is 0.267. The van der Waals surface area contributed by atoms with E-state index in [2.05, 4.69) is 19.8 Å². The van der Waals surface area contributed by atoms with Crippen LogP contribution in [0.4, 0.5) is 10.1 Å². The normalized spacial score (nSPS) is 11.7. The number of rotatable bonds is 7. The Hall–Kier alpha value is -2.50. The minimum atomic E-state index is -4.22. The number of nitrogens with one attached hydrogen (secondary N) is 1. The van der Waals surface area contributed by atoms with Gasteiger partial charge in [0.05, 0.1) is 23.9 Å². The molecule has 27 heavy (non-hydrogen) atoms. The molecule has 12 heteroatoms. The highest BCUT2D eigenvalue weighted by molar-refractivity contribution is 7.92. The van der Waals surface area contributed by atoms with Gasteiger partial charge in [-0.15, -0.1) is 5.10 Å². The second-order valence-corrected chi connectivity index (χ2v) is 7.25. The van der Waals surface area contributed by atoms with Crippen LogP contribution in [-0.2, 0) is 21.4 Å². The molecule has 144 valence electrons. The summed E-state index contributed by atoms with van der Waals surface area (Å²) in [5.74, 6) is -0.872. The van der Waals surface area contributed by atoms with Crippen molar-refractivity contribution in [3.63, 3.8) is 0 Å². The minimum absolute atomic E-state index is 0.0670. The van der Waals surface area contributed by atoms with Crippen molar-refractivity contribution < 1.29 is 22.3 Å². The zero-order chi connectivity index (χ0) is 19.6. The lowest BCUT2D eigenvalue weighted by atomic mass is 10.2. The van der Waals surface area contributed by atoms with Crippen molar-refractivity contribution in [2.75, 3.05) is 18.4 Å². The molecule has 3 aromatic rings. The van der Waals surface area contributed by atoms with Crippen LogP contribution in [0.25, 0.3) is 5.65 Å². The van der Waals surface area contributed by atoms with Crippen LogP contribution in [0.5, 0.6) is 6.01 Å². The second-order valence-electron chi connectivity index (χ2n) is 5.27. The Morgan fingerprint density at radius 2 is 2.11 bits per heavy atom. The van der Waals surface area contributed by atoms with E-state index in [1.807, 2.05) is 0 Å². The third kappa shape index (κ3) is 3.94. The maximum atomic E-state index is 13.6. The standard InChI is InChI=1S/C15H15ClFN5O4S/c1-3-26-15-18-11(17)7-12-19-14(20-22(12)15)27(23,24)21-13-9(8-25-2)5-4-6-10(13)16/h4-7,21H,3,8H2,1-2H3. The quantitative estimate of drug-likeness (QED) is 0.589. The van der Waals surface area contributed by atoms with Crippen molar-refractivity contribution in [2.45, 2.75) is 18.7 Å². The van der Waals surface area contributed by atoms with Crippen molar-refractivity contribution in [3.05, 3.63) is 40.8 Å². The molecule has 0 aliphatic rings. The molecular formula is C15H15ClFN5O4S. The van der Waals surface area contributed by atoms with Gasteiger partial charge in [-0.2, -0.15) is 27.3 Å². The van der Waals surface area contributed by atoms with Gasteiger partial charge in [-0.3, -0.25) is 4.72 Å². The average molecular weight is 416 g/mol. The predicted molar refractivity (Wildman–Crippen MR) is 94.9 cm³/mol. The smallest absolute Gasteiger partial charge is 0.322 e. The summed E-state index contributed by atoms with van der Waals surface area (Å²) in [6, 6.07) is 5.60. The lowest BCUT2D eigenvalue weighted by Gasteiger charge is -2.12. The van der Waals surface area contributed by atoms with E-state index < -0.39 is 21.1 Å². The molecule has 0 amide bonds. The van der Waals surface area contributed by atoms with Gasteiger partial charge in [0.1, 0.15) is 0 Å². The SMILES string of the molecule is CCOc1nc(F)cc2nc(S(=O)(=O)Nc3c(Cl)cccc3COC)nn12. The van der Waals surface area contributed by atoms with Gasteiger partial charge < -0.3 is 9.47 Å². The molecule has 0 bridgehead atoms. The molecule has 0 fully saturated rings. The Bertz CT molecular complexity index is 1090. The van der Waals surface area contributed by atoms with E-state index in [9.17, 15) is 12.8 Å². The van der Waals surface area contributed by atoms with Crippen molar-refractivity contribution in [3.8, 4) is 6.01 Å². The Kier molecular flexibility index (Phi) is 5.44. The minimum Gasteiger partial charge on any atom is -0.464 e. The van der Waals surface area contributed by atoms with Crippen LogP contribution in [0.15, 0.2) is 29.4 Å². The summed E-state index contributed by atoms with van der Waals surface area (Å²) in [6.07, 6.45) is 0.